The molecule has 0 heterocycles. The largest absolute Gasteiger partial charge is 0.369 e. The second kappa shape index (κ2) is 4.59. The molecule has 1 aromatic carbocycles. The molecule has 0 spiro atoms. The van der Waals surface area contributed by atoms with Gasteiger partial charge >= 0.3 is 0 Å². The highest BCUT2D eigenvalue weighted by atomic mass is 16.1. The average molecular weight is 279 g/mol. The van der Waals surface area contributed by atoms with Crippen molar-refractivity contribution in [3.05, 3.63) is 52.6 Å². The van der Waals surface area contributed by atoms with Crippen molar-refractivity contribution in [2.75, 3.05) is 0 Å². The first-order chi connectivity index (χ1) is 10.2. The van der Waals surface area contributed by atoms with Crippen molar-refractivity contribution in [3.8, 4) is 0 Å². The Bertz CT molecular complexity index is 670. The Morgan fingerprint density at radius 3 is 2.90 bits per heavy atom. The van der Waals surface area contributed by atoms with E-state index in [1.165, 1.54) is 36.8 Å². The van der Waals surface area contributed by atoms with Gasteiger partial charge in [-0.3, -0.25) is 4.79 Å². The summed E-state index contributed by atoms with van der Waals surface area (Å²) in [5.74, 6) is 0.415. The molecule has 3 aliphatic rings. The number of primary amides is 1. The molecule has 1 fully saturated rings. The van der Waals surface area contributed by atoms with Gasteiger partial charge < -0.3 is 5.73 Å². The molecule has 4 rings (SSSR count). The SMILES string of the molecule is NC(=O)C12Cc3ccccc3C=C1C=C1CCCCC1C2. The maximum Gasteiger partial charge on any atom is 0.228 e. The monoisotopic (exact) mass is 279 g/mol. The molecule has 108 valence electrons. The first-order valence-corrected chi connectivity index (χ1v) is 7.99. The number of hydrogen-bond acceptors (Lipinski definition) is 1. The summed E-state index contributed by atoms with van der Waals surface area (Å²) in [7, 11) is 0. The molecule has 3 aliphatic carbocycles. The molecule has 2 heteroatoms. The van der Waals surface area contributed by atoms with Crippen LogP contribution in [0.15, 0.2) is 41.5 Å². The van der Waals surface area contributed by atoms with Gasteiger partial charge in [0.2, 0.25) is 5.91 Å². The first kappa shape index (κ1) is 12.9. The number of carbonyl (C=O) groups excluding carboxylic acids is 1. The molecule has 1 aromatic rings. The fourth-order valence-electron chi connectivity index (χ4n) is 4.42. The lowest BCUT2D eigenvalue weighted by molar-refractivity contribution is -0.126. The maximum absolute atomic E-state index is 12.3. The molecule has 0 saturated heterocycles. The van der Waals surface area contributed by atoms with Gasteiger partial charge in [0.05, 0.1) is 5.41 Å². The van der Waals surface area contributed by atoms with Crippen molar-refractivity contribution in [1.82, 2.24) is 0 Å². The zero-order chi connectivity index (χ0) is 14.4. The molecule has 2 N–H and O–H groups in total. The van der Waals surface area contributed by atoms with Gasteiger partial charge in [0, 0.05) is 0 Å². The molecule has 21 heavy (non-hydrogen) atoms. The van der Waals surface area contributed by atoms with E-state index in [2.05, 4.69) is 36.4 Å². The molecule has 1 amide bonds. The Morgan fingerprint density at radius 2 is 2.05 bits per heavy atom. The van der Waals surface area contributed by atoms with Crippen molar-refractivity contribution in [2.45, 2.75) is 38.5 Å². The smallest absolute Gasteiger partial charge is 0.228 e. The lowest BCUT2D eigenvalue weighted by atomic mass is 9.59. The van der Waals surface area contributed by atoms with Gasteiger partial charge in [-0.1, -0.05) is 48.4 Å². The molecule has 2 unspecified atom stereocenters. The van der Waals surface area contributed by atoms with Crippen LogP contribution in [0.2, 0.25) is 0 Å². The normalized spacial score (nSPS) is 30.4. The summed E-state index contributed by atoms with van der Waals surface area (Å²) in [6, 6.07) is 8.38. The summed E-state index contributed by atoms with van der Waals surface area (Å²) < 4.78 is 0. The molecule has 2 nitrogen and oxygen atoms in total. The van der Waals surface area contributed by atoms with Crippen molar-refractivity contribution in [1.29, 1.82) is 0 Å². The molecule has 2 atom stereocenters. The van der Waals surface area contributed by atoms with E-state index in [1.807, 2.05) is 0 Å². The summed E-state index contributed by atoms with van der Waals surface area (Å²) in [6.07, 6.45) is 11.2. The van der Waals surface area contributed by atoms with E-state index in [0.717, 1.165) is 18.4 Å². The van der Waals surface area contributed by atoms with E-state index in [-0.39, 0.29) is 5.91 Å². The lowest BCUT2D eigenvalue weighted by Crippen LogP contribution is -2.45. The Labute approximate surface area is 125 Å². The minimum atomic E-state index is -0.472. The van der Waals surface area contributed by atoms with E-state index >= 15 is 0 Å². The van der Waals surface area contributed by atoms with Crippen LogP contribution in [0.1, 0.15) is 43.2 Å². The maximum atomic E-state index is 12.3. The van der Waals surface area contributed by atoms with Crippen LogP contribution >= 0.6 is 0 Å². The van der Waals surface area contributed by atoms with Gasteiger partial charge in [0.25, 0.3) is 0 Å². The van der Waals surface area contributed by atoms with Crippen molar-refractivity contribution in [3.63, 3.8) is 0 Å². The summed E-state index contributed by atoms with van der Waals surface area (Å²) in [5, 5.41) is 0. The predicted molar refractivity (Wildman–Crippen MR) is 84.4 cm³/mol. The van der Waals surface area contributed by atoms with Crippen LogP contribution < -0.4 is 5.73 Å². The molecular formula is C19H21NO. The van der Waals surface area contributed by atoms with Gasteiger partial charge in [0.1, 0.15) is 0 Å². The fourth-order valence-corrected chi connectivity index (χ4v) is 4.42. The van der Waals surface area contributed by atoms with Crippen LogP contribution in [0.4, 0.5) is 0 Å². The van der Waals surface area contributed by atoms with Gasteiger partial charge in [-0.15, -0.1) is 0 Å². The number of hydrogen-bond donors (Lipinski definition) is 1. The van der Waals surface area contributed by atoms with Crippen LogP contribution in [0, 0.1) is 11.3 Å². The molecule has 0 bridgehead atoms. The Kier molecular flexibility index (Phi) is 2.81. The van der Waals surface area contributed by atoms with E-state index in [1.54, 1.807) is 5.57 Å². The molecule has 0 aromatic heterocycles. The second-order valence-electron chi connectivity index (χ2n) is 6.79. The van der Waals surface area contributed by atoms with Crippen molar-refractivity contribution in [2.24, 2.45) is 17.1 Å². The number of amides is 1. The third-order valence-corrected chi connectivity index (χ3v) is 5.61. The van der Waals surface area contributed by atoms with Gasteiger partial charge in [-0.05, 0) is 54.7 Å². The van der Waals surface area contributed by atoms with Gasteiger partial charge in [0.15, 0.2) is 0 Å². The van der Waals surface area contributed by atoms with E-state index in [0.29, 0.717) is 5.92 Å². The molecular weight excluding hydrogens is 258 g/mol. The quantitative estimate of drug-likeness (QED) is 0.838. The highest BCUT2D eigenvalue weighted by Gasteiger charge is 2.47. The van der Waals surface area contributed by atoms with Crippen molar-refractivity contribution >= 4 is 12.0 Å². The van der Waals surface area contributed by atoms with Crippen molar-refractivity contribution < 1.29 is 4.79 Å². The van der Waals surface area contributed by atoms with Gasteiger partial charge in [-0.25, -0.2) is 0 Å². The zero-order valence-corrected chi connectivity index (χ0v) is 12.3. The minimum Gasteiger partial charge on any atom is -0.369 e. The first-order valence-electron chi connectivity index (χ1n) is 7.99. The zero-order valence-electron chi connectivity index (χ0n) is 12.3. The van der Waals surface area contributed by atoms with Gasteiger partial charge in [-0.2, -0.15) is 0 Å². The number of allylic oxidation sites excluding steroid dienone is 2. The van der Waals surface area contributed by atoms with Crippen LogP contribution in [0.3, 0.4) is 0 Å². The van der Waals surface area contributed by atoms with Crippen LogP contribution in [0.25, 0.3) is 6.08 Å². The third-order valence-electron chi connectivity index (χ3n) is 5.61. The molecule has 0 radical (unpaired) electrons. The number of fused-ring (bicyclic) bond motifs is 3. The highest BCUT2D eigenvalue weighted by Crippen LogP contribution is 2.51. The number of rotatable bonds is 1. The van der Waals surface area contributed by atoms with Crippen LogP contribution in [-0.4, -0.2) is 5.91 Å². The highest BCUT2D eigenvalue weighted by molar-refractivity contribution is 5.89. The fraction of sp³-hybridized carbons (Fsp3) is 0.421. The van der Waals surface area contributed by atoms with E-state index in [4.69, 9.17) is 5.73 Å². The van der Waals surface area contributed by atoms with E-state index in [9.17, 15) is 4.79 Å². The van der Waals surface area contributed by atoms with Crippen LogP contribution in [-0.2, 0) is 11.2 Å². The predicted octanol–water partition coefficient (Wildman–Crippen LogP) is 3.62. The number of carbonyl (C=O) groups is 1. The Balaban J connectivity index is 1.88. The standard InChI is InChI=1S/C19H21NO/c20-18(21)19-11-15-7-3-1-5-13(15)9-17(19)10-14-6-2-4-8-16(14)12-19/h1,3,5,7,9-10,16H,2,4,6,8,11-12H2,(H2,20,21). The summed E-state index contributed by atoms with van der Waals surface area (Å²) in [6.45, 7) is 0. The number of nitrogens with two attached hydrogens (primary N) is 1. The third kappa shape index (κ3) is 1.89. The summed E-state index contributed by atoms with van der Waals surface area (Å²) >= 11 is 0. The minimum absolute atomic E-state index is 0.149. The van der Waals surface area contributed by atoms with Crippen LogP contribution in [0.5, 0.6) is 0 Å². The van der Waals surface area contributed by atoms with E-state index < -0.39 is 5.41 Å². The number of benzene rings is 1. The summed E-state index contributed by atoms with van der Waals surface area (Å²) in [5.41, 5.74) is 10.6. The Hall–Kier alpha value is -1.83. The topological polar surface area (TPSA) is 43.1 Å². The molecule has 0 aliphatic heterocycles. The summed E-state index contributed by atoms with van der Waals surface area (Å²) in [4.78, 5) is 12.3. The molecule has 1 saturated carbocycles. The lowest BCUT2D eigenvalue weighted by Gasteiger charge is -2.44. The average Bonchev–Trinajstić information content (AvgIpc) is 2.50. The Morgan fingerprint density at radius 1 is 1.19 bits per heavy atom. The second-order valence-corrected chi connectivity index (χ2v) is 6.79.